The number of non-ortho nitro benzene ring substituents is 1. The molecule has 0 saturated heterocycles. The molecule has 1 aromatic rings. The summed E-state index contributed by atoms with van der Waals surface area (Å²) < 4.78 is 0. The summed E-state index contributed by atoms with van der Waals surface area (Å²) in [5.41, 5.74) is -0.0959. The van der Waals surface area contributed by atoms with Crippen LogP contribution in [0.2, 0.25) is 0 Å². The van der Waals surface area contributed by atoms with Gasteiger partial charge in [0.05, 0.1) is 16.2 Å². The molecule has 8 nitrogen and oxygen atoms in total. The average Bonchev–Trinajstić information content (AvgIpc) is 2.63. The molecule has 1 aliphatic heterocycles. The molecule has 20 heavy (non-hydrogen) atoms. The Morgan fingerprint density at radius 1 is 1.40 bits per heavy atom. The first kappa shape index (κ1) is 13.4. The number of nitrogens with zero attached hydrogens (tertiary/aromatic N) is 2. The maximum atomic E-state index is 11.7. The molecular weight excluding hydrogens is 268 g/mol. The topological polar surface area (TPSA) is 118 Å². The van der Waals surface area contributed by atoms with E-state index in [9.17, 15) is 24.5 Å². The SMILES string of the molecule is O=C(O)C=CCN1C(=O)C(=O)c2cc([N+](=O)[O-])ccc21. The summed E-state index contributed by atoms with van der Waals surface area (Å²) in [5, 5.41) is 19.1. The molecule has 0 bridgehead atoms. The Bertz CT molecular complexity index is 664. The normalized spacial score (nSPS) is 13.9. The van der Waals surface area contributed by atoms with Gasteiger partial charge in [-0.2, -0.15) is 0 Å². The number of carbonyl (C=O) groups is 3. The maximum absolute atomic E-state index is 11.7. The highest BCUT2D eigenvalue weighted by atomic mass is 16.6. The molecule has 0 saturated carbocycles. The fourth-order valence-corrected chi connectivity index (χ4v) is 1.84. The third-order valence-corrected chi connectivity index (χ3v) is 2.71. The van der Waals surface area contributed by atoms with Crippen molar-refractivity contribution in [3.05, 3.63) is 46.0 Å². The number of hydrogen-bond donors (Lipinski definition) is 1. The van der Waals surface area contributed by atoms with Crippen LogP contribution in [-0.2, 0) is 9.59 Å². The molecule has 1 N–H and O–H groups in total. The number of nitro benzene ring substituents is 1. The van der Waals surface area contributed by atoms with Crippen LogP contribution in [0.15, 0.2) is 30.4 Å². The van der Waals surface area contributed by atoms with Gasteiger partial charge in [0.25, 0.3) is 17.4 Å². The van der Waals surface area contributed by atoms with Crippen molar-refractivity contribution in [3.8, 4) is 0 Å². The van der Waals surface area contributed by atoms with Gasteiger partial charge in [0.15, 0.2) is 0 Å². The predicted octanol–water partition coefficient (Wildman–Crippen LogP) is 0.765. The minimum atomic E-state index is -1.17. The molecule has 102 valence electrons. The van der Waals surface area contributed by atoms with Gasteiger partial charge >= 0.3 is 5.97 Å². The molecule has 1 heterocycles. The second-order valence-corrected chi connectivity index (χ2v) is 3.94. The van der Waals surface area contributed by atoms with Crippen LogP contribution in [0.25, 0.3) is 0 Å². The number of fused-ring (bicyclic) bond motifs is 1. The molecule has 1 aliphatic rings. The van der Waals surface area contributed by atoms with E-state index in [1.54, 1.807) is 0 Å². The summed E-state index contributed by atoms with van der Waals surface area (Å²) in [6.45, 7) is -0.0956. The number of nitro groups is 1. The van der Waals surface area contributed by atoms with Gasteiger partial charge in [-0.15, -0.1) is 0 Å². The van der Waals surface area contributed by atoms with Crippen molar-refractivity contribution < 1.29 is 24.4 Å². The number of benzene rings is 1. The van der Waals surface area contributed by atoms with E-state index in [2.05, 4.69) is 0 Å². The molecule has 0 aliphatic carbocycles. The second kappa shape index (κ2) is 4.92. The van der Waals surface area contributed by atoms with E-state index in [0.717, 1.165) is 17.0 Å². The lowest BCUT2D eigenvalue weighted by Gasteiger charge is -2.13. The lowest BCUT2D eigenvalue weighted by atomic mass is 10.1. The molecule has 0 fully saturated rings. The Kier molecular flexibility index (Phi) is 3.30. The number of amides is 1. The van der Waals surface area contributed by atoms with Crippen LogP contribution in [0.5, 0.6) is 0 Å². The maximum Gasteiger partial charge on any atom is 0.328 e. The Hall–Kier alpha value is -3.03. The number of carboxylic acids is 1. The monoisotopic (exact) mass is 276 g/mol. The smallest absolute Gasteiger partial charge is 0.328 e. The highest BCUT2D eigenvalue weighted by Gasteiger charge is 2.36. The molecule has 0 atom stereocenters. The molecule has 1 aromatic carbocycles. The van der Waals surface area contributed by atoms with Crippen LogP contribution >= 0.6 is 0 Å². The molecule has 1 amide bonds. The average molecular weight is 276 g/mol. The van der Waals surface area contributed by atoms with E-state index in [4.69, 9.17) is 5.11 Å². The van der Waals surface area contributed by atoms with Gasteiger partial charge in [0.2, 0.25) is 0 Å². The summed E-state index contributed by atoms with van der Waals surface area (Å²) in [7, 11) is 0. The number of carboxylic acid groups (broad SMARTS) is 1. The number of ketones is 1. The standard InChI is InChI=1S/C12H8N2O6/c15-10(16)2-1-5-13-9-4-3-7(14(19)20)6-8(9)11(17)12(13)18/h1-4,6H,5H2,(H,15,16). The van der Waals surface area contributed by atoms with Gasteiger partial charge < -0.3 is 10.0 Å². The largest absolute Gasteiger partial charge is 0.478 e. The van der Waals surface area contributed by atoms with Crippen LogP contribution in [0.3, 0.4) is 0 Å². The molecular formula is C12H8N2O6. The summed E-state index contributed by atoms with van der Waals surface area (Å²) in [5.74, 6) is -2.85. The van der Waals surface area contributed by atoms with E-state index in [1.165, 1.54) is 18.2 Å². The third-order valence-electron chi connectivity index (χ3n) is 2.71. The van der Waals surface area contributed by atoms with Crippen LogP contribution in [0, 0.1) is 10.1 Å². The number of aliphatic carboxylic acids is 1. The van der Waals surface area contributed by atoms with E-state index >= 15 is 0 Å². The summed E-state index contributed by atoms with van der Waals surface area (Å²) >= 11 is 0. The Balaban J connectivity index is 2.36. The van der Waals surface area contributed by atoms with Crippen LogP contribution in [-0.4, -0.2) is 34.2 Å². The quantitative estimate of drug-likeness (QED) is 0.375. The van der Waals surface area contributed by atoms with Gasteiger partial charge in [0.1, 0.15) is 0 Å². The first-order valence-corrected chi connectivity index (χ1v) is 5.46. The fourth-order valence-electron chi connectivity index (χ4n) is 1.84. The van der Waals surface area contributed by atoms with Crippen LogP contribution < -0.4 is 4.90 Å². The number of hydrogen-bond acceptors (Lipinski definition) is 5. The number of rotatable bonds is 4. The summed E-state index contributed by atoms with van der Waals surface area (Å²) in [6.07, 6.45) is 2.06. The fraction of sp³-hybridized carbons (Fsp3) is 0.0833. The zero-order valence-corrected chi connectivity index (χ0v) is 9.98. The molecule has 8 heteroatoms. The van der Waals surface area contributed by atoms with E-state index in [1.807, 2.05) is 0 Å². The Morgan fingerprint density at radius 3 is 2.70 bits per heavy atom. The van der Waals surface area contributed by atoms with Crippen molar-refractivity contribution in [2.45, 2.75) is 0 Å². The second-order valence-electron chi connectivity index (χ2n) is 3.94. The minimum Gasteiger partial charge on any atom is -0.478 e. The van der Waals surface area contributed by atoms with Crippen LogP contribution in [0.4, 0.5) is 11.4 Å². The first-order valence-electron chi connectivity index (χ1n) is 5.46. The molecule has 0 unspecified atom stereocenters. The third kappa shape index (κ3) is 2.26. The summed E-state index contributed by atoms with van der Waals surface area (Å²) in [4.78, 5) is 44.9. The number of Topliss-reactive ketones (excluding diaryl/α,β-unsaturated/α-hetero) is 1. The van der Waals surface area contributed by atoms with Crippen molar-refractivity contribution in [2.24, 2.45) is 0 Å². The van der Waals surface area contributed by atoms with E-state index < -0.39 is 22.6 Å². The highest BCUT2D eigenvalue weighted by Crippen LogP contribution is 2.31. The first-order chi connectivity index (χ1) is 9.41. The molecule has 0 radical (unpaired) electrons. The van der Waals surface area contributed by atoms with Gasteiger partial charge in [-0.25, -0.2) is 4.79 Å². The van der Waals surface area contributed by atoms with Crippen molar-refractivity contribution in [2.75, 3.05) is 11.4 Å². The van der Waals surface area contributed by atoms with Crippen LogP contribution in [0.1, 0.15) is 10.4 Å². The van der Waals surface area contributed by atoms with Gasteiger partial charge in [-0.1, -0.05) is 6.08 Å². The van der Waals surface area contributed by atoms with Crippen molar-refractivity contribution >= 4 is 29.0 Å². The highest BCUT2D eigenvalue weighted by molar-refractivity contribution is 6.52. The molecule has 0 aromatic heterocycles. The summed E-state index contributed by atoms with van der Waals surface area (Å²) in [6, 6.07) is 3.51. The minimum absolute atomic E-state index is 0.0482. The van der Waals surface area contributed by atoms with Crippen molar-refractivity contribution in [1.82, 2.24) is 0 Å². The zero-order chi connectivity index (χ0) is 14.9. The van der Waals surface area contributed by atoms with Gasteiger partial charge in [0, 0.05) is 24.8 Å². The number of carbonyl (C=O) groups excluding carboxylic acids is 2. The predicted molar refractivity (Wildman–Crippen MR) is 66.6 cm³/mol. The van der Waals surface area contributed by atoms with Crippen molar-refractivity contribution in [1.29, 1.82) is 0 Å². The van der Waals surface area contributed by atoms with E-state index in [-0.39, 0.29) is 23.5 Å². The number of anilines is 1. The van der Waals surface area contributed by atoms with Gasteiger partial charge in [-0.05, 0) is 6.07 Å². The molecule has 0 spiro atoms. The lowest BCUT2D eigenvalue weighted by molar-refractivity contribution is -0.384. The lowest BCUT2D eigenvalue weighted by Crippen LogP contribution is -2.29. The van der Waals surface area contributed by atoms with E-state index in [0.29, 0.717) is 0 Å². The zero-order valence-electron chi connectivity index (χ0n) is 9.98. The Labute approximate surface area is 112 Å². The Morgan fingerprint density at radius 2 is 2.10 bits per heavy atom. The van der Waals surface area contributed by atoms with Crippen molar-refractivity contribution in [3.63, 3.8) is 0 Å². The molecule has 2 rings (SSSR count). The van der Waals surface area contributed by atoms with Gasteiger partial charge in [-0.3, -0.25) is 19.7 Å².